The molecule has 0 radical (unpaired) electrons. The lowest BCUT2D eigenvalue weighted by Crippen LogP contribution is -2.23. The molecule has 20 heavy (non-hydrogen) atoms. The van der Waals surface area contributed by atoms with Gasteiger partial charge in [0.2, 0.25) is 0 Å². The summed E-state index contributed by atoms with van der Waals surface area (Å²) in [5, 5.41) is 18.9. The first-order valence-corrected chi connectivity index (χ1v) is 6.14. The third-order valence-corrected chi connectivity index (χ3v) is 2.98. The van der Waals surface area contributed by atoms with E-state index in [-0.39, 0.29) is 29.0 Å². The Labute approximate surface area is 122 Å². The Morgan fingerprint density at radius 1 is 1.45 bits per heavy atom. The lowest BCUT2D eigenvalue weighted by atomic mass is 10.4. The molecule has 8 nitrogen and oxygen atoms in total. The minimum atomic E-state index is -1.03. The quantitative estimate of drug-likeness (QED) is 0.759. The van der Waals surface area contributed by atoms with Crippen molar-refractivity contribution in [1.29, 1.82) is 0 Å². The van der Waals surface area contributed by atoms with Crippen LogP contribution in [-0.4, -0.2) is 37.0 Å². The zero-order valence-corrected chi connectivity index (χ0v) is 11.4. The molecular weight excluding hydrogens is 309 g/mol. The molecule has 2 heterocycles. The van der Waals surface area contributed by atoms with Gasteiger partial charge in [-0.2, -0.15) is 0 Å². The van der Waals surface area contributed by atoms with Crippen LogP contribution in [0.25, 0.3) is 0 Å². The second-order valence-electron chi connectivity index (χ2n) is 3.83. The number of aromatic nitrogens is 4. The maximum Gasteiger partial charge on any atom is 0.325 e. The van der Waals surface area contributed by atoms with Gasteiger partial charge in [-0.1, -0.05) is 28.4 Å². The third kappa shape index (κ3) is 3.49. The maximum atomic E-state index is 11.8. The van der Waals surface area contributed by atoms with Crippen molar-refractivity contribution < 1.29 is 14.7 Å². The van der Waals surface area contributed by atoms with Crippen LogP contribution >= 0.6 is 23.2 Å². The molecule has 0 aliphatic heterocycles. The predicted octanol–water partition coefficient (Wildman–Crippen LogP) is 0.928. The van der Waals surface area contributed by atoms with Crippen molar-refractivity contribution >= 4 is 35.1 Å². The Balaban J connectivity index is 1.93. The molecule has 0 saturated heterocycles. The summed E-state index contributed by atoms with van der Waals surface area (Å²) in [5.74, 6) is -1.44. The highest BCUT2D eigenvalue weighted by Crippen LogP contribution is 2.21. The average molecular weight is 318 g/mol. The normalized spacial score (nSPS) is 10.5. The molecule has 3 N–H and O–H groups in total. The highest BCUT2D eigenvalue weighted by Gasteiger charge is 2.12. The number of hydrogen-bond donors (Lipinski definition) is 3. The molecule has 10 heteroatoms. The number of aliphatic carboxylic acids is 1. The first-order chi connectivity index (χ1) is 9.45. The number of hydrogen-bond acceptors (Lipinski definition) is 4. The zero-order chi connectivity index (χ0) is 14.7. The van der Waals surface area contributed by atoms with E-state index in [0.29, 0.717) is 5.69 Å². The van der Waals surface area contributed by atoms with Crippen LogP contribution in [0.4, 0.5) is 0 Å². The van der Waals surface area contributed by atoms with Gasteiger partial charge in [0.05, 0.1) is 17.8 Å². The molecule has 0 atom stereocenters. The molecule has 0 bridgehead atoms. The minimum Gasteiger partial charge on any atom is -0.480 e. The van der Waals surface area contributed by atoms with E-state index in [9.17, 15) is 9.59 Å². The van der Waals surface area contributed by atoms with Gasteiger partial charge in [-0.25, -0.2) is 4.68 Å². The number of carbonyl (C=O) groups is 2. The Morgan fingerprint density at radius 2 is 2.20 bits per heavy atom. The van der Waals surface area contributed by atoms with Crippen molar-refractivity contribution in [2.75, 3.05) is 0 Å². The lowest BCUT2D eigenvalue weighted by Gasteiger charge is -2.00. The van der Waals surface area contributed by atoms with E-state index >= 15 is 0 Å². The number of aromatic amines is 1. The summed E-state index contributed by atoms with van der Waals surface area (Å²) >= 11 is 11.4. The number of carbonyl (C=O) groups excluding carboxylic acids is 1. The van der Waals surface area contributed by atoms with Gasteiger partial charge in [0.1, 0.15) is 23.1 Å². The topological polar surface area (TPSA) is 113 Å². The average Bonchev–Trinajstić information content (AvgIpc) is 2.94. The van der Waals surface area contributed by atoms with Crippen LogP contribution in [0.15, 0.2) is 12.3 Å². The van der Waals surface area contributed by atoms with Gasteiger partial charge in [-0.05, 0) is 6.07 Å². The molecule has 1 amide bonds. The lowest BCUT2D eigenvalue weighted by molar-refractivity contribution is -0.137. The summed E-state index contributed by atoms with van der Waals surface area (Å²) in [7, 11) is 0. The van der Waals surface area contributed by atoms with Crippen LogP contribution in [0.1, 0.15) is 16.2 Å². The Bertz CT molecular complexity index is 632. The summed E-state index contributed by atoms with van der Waals surface area (Å²) in [5.41, 5.74) is 0.654. The molecule has 2 aromatic heterocycles. The van der Waals surface area contributed by atoms with Crippen LogP contribution in [0.2, 0.25) is 10.2 Å². The SMILES string of the molecule is O=C(O)Cn1cc(CNC(=O)c2cc(Cl)c(Cl)[nH]2)nn1. The largest absolute Gasteiger partial charge is 0.480 e. The number of rotatable bonds is 5. The molecule has 0 aromatic carbocycles. The first kappa shape index (κ1) is 14.4. The molecule has 0 aliphatic carbocycles. The molecule has 2 rings (SSSR count). The van der Waals surface area contributed by atoms with E-state index in [2.05, 4.69) is 20.6 Å². The molecule has 106 valence electrons. The third-order valence-electron chi connectivity index (χ3n) is 2.28. The fourth-order valence-corrected chi connectivity index (χ4v) is 1.74. The van der Waals surface area contributed by atoms with E-state index in [1.54, 1.807) is 0 Å². The molecule has 2 aromatic rings. The summed E-state index contributed by atoms with van der Waals surface area (Å²) < 4.78 is 1.16. The number of nitrogens with zero attached hydrogens (tertiary/aromatic N) is 3. The highest BCUT2D eigenvalue weighted by molar-refractivity contribution is 6.41. The second kappa shape index (κ2) is 5.93. The molecule has 0 aliphatic rings. The summed E-state index contributed by atoms with van der Waals surface area (Å²) in [6.07, 6.45) is 1.43. The minimum absolute atomic E-state index is 0.104. The van der Waals surface area contributed by atoms with Gasteiger partial charge in [-0.15, -0.1) is 5.10 Å². The van der Waals surface area contributed by atoms with Crippen LogP contribution in [0, 0.1) is 0 Å². The number of nitrogens with one attached hydrogen (secondary N) is 2. The number of amides is 1. The zero-order valence-electron chi connectivity index (χ0n) is 9.93. The van der Waals surface area contributed by atoms with Gasteiger partial charge in [-0.3, -0.25) is 9.59 Å². The van der Waals surface area contributed by atoms with E-state index in [1.807, 2.05) is 0 Å². The van der Waals surface area contributed by atoms with E-state index in [4.69, 9.17) is 28.3 Å². The fraction of sp³-hybridized carbons (Fsp3) is 0.200. The summed E-state index contributed by atoms with van der Waals surface area (Å²) in [4.78, 5) is 24.8. The second-order valence-corrected chi connectivity index (χ2v) is 4.61. The van der Waals surface area contributed by atoms with Gasteiger partial charge in [0.15, 0.2) is 0 Å². The van der Waals surface area contributed by atoms with Crippen LogP contribution in [0.3, 0.4) is 0 Å². The summed E-state index contributed by atoms with van der Waals surface area (Å²) in [6, 6.07) is 1.40. The number of H-pyrrole nitrogens is 1. The smallest absolute Gasteiger partial charge is 0.325 e. The Hall–Kier alpha value is -2.06. The van der Waals surface area contributed by atoms with Crippen molar-refractivity contribution in [2.45, 2.75) is 13.1 Å². The molecular formula is C10H9Cl2N5O3. The summed E-state index contributed by atoms with van der Waals surface area (Å²) in [6.45, 7) is -0.185. The molecule has 0 spiro atoms. The molecule has 0 saturated carbocycles. The molecule has 0 fully saturated rings. The van der Waals surface area contributed by atoms with Crippen molar-refractivity contribution in [2.24, 2.45) is 0 Å². The van der Waals surface area contributed by atoms with Crippen LogP contribution in [0.5, 0.6) is 0 Å². The maximum absolute atomic E-state index is 11.8. The highest BCUT2D eigenvalue weighted by atomic mass is 35.5. The number of carboxylic acid groups (broad SMARTS) is 1. The van der Waals surface area contributed by atoms with Gasteiger partial charge >= 0.3 is 5.97 Å². The first-order valence-electron chi connectivity index (χ1n) is 5.38. The fourth-order valence-electron chi connectivity index (χ4n) is 1.43. The van der Waals surface area contributed by atoms with Crippen LogP contribution in [-0.2, 0) is 17.9 Å². The monoisotopic (exact) mass is 317 g/mol. The van der Waals surface area contributed by atoms with Crippen molar-refractivity contribution in [1.82, 2.24) is 25.3 Å². The molecule has 0 unspecified atom stereocenters. The van der Waals surface area contributed by atoms with Crippen molar-refractivity contribution in [3.8, 4) is 0 Å². The Kier molecular flexibility index (Phi) is 4.26. The number of carboxylic acids is 1. The standard InChI is InChI=1S/C10H9Cl2N5O3/c11-6-1-7(14-9(6)12)10(20)13-2-5-3-17(16-15-5)4-8(18)19/h1,3,14H,2,4H2,(H,13,20)(H,18,19). The van der Waals surface area contributed by atoms with Gasteiger partial charge < -0.3 is 15.4 Å². The van der Waals surface area contributed by atoms with Crippen LogP contribution < -0.4 is 5.32 Å². The van der Waals surface area contributed by atoms with E-state index in [1.165, 1.54) is 12.3 Å². The van der Waals surface area contributed by atoms with E-state index < -0.39 is 11.9 Å². The Morgan fingerprint density at radius 3 is 2.80 bits per heavy atom. The van der Waals surface area contributed by atoms with Crippen molar-refractivity contribution in [3.63, 3.8) is 0 Å². The number of halogens is 2. The van der Waals surface area contributed by atoms with E-state index in [0.717, 1.165) is 4.68 Å². The predicted molar refractivity (Wildman–Crippen MR) is 69.6 cm³/mol. The van der Waals surface area contributed by atoms with Gasteiger partial charge in [0, 0.05) is 0 Å². The van der Waals surface area contributed by atoms with Crippen molar-refractivity contribution in [3.05, 3.63) is 33.8 Å². The van der Waals surface area contributed by atoms with Gasteiger partial charge in [0.25, 0.3) is 5.91 Å².